The van der Waals surface area contributed by atoms with E-state index in [1.54, 1.807) is 42.3 Å². The minimum atomic E-state index is -0.554. The Morgan fingerprint density at radius 3 is 2.29 bits per heavy atom. The number of benzene rings is 3. The van der Waals surface area contributed by atoms with E-state index in [1.807, 2.05) is 71.0 Å². The first-order valence-electron chi connectivity index (χ1n) is 14.9. The summed E-state index contributed by atoms with van der Waals surface area (Å²) in [6.45, 7) is 10.9. The normalized spacial score (nSPS) is 16.7. The van der Waals surface area contributed by atoms with Crippen molar-refractivity contribution in [3.63, 3.8) is 0 Å². The second kappa shape index (κ2) is 12.8. The second-order valence-corrected chi connectivity index (χ2v) is 12.1. The zero-order valence-corrected chi connectivity index (χ0v) is 26.3. The number of ether oxygens (including phenoxy) is 2. The van der Waals surface area contributed by atoms with Crippen LogP contribution in [0.3, 0.4) is 0 Å². The Kier molecular flexibility index (Phi) is 8.89. The Bertz CT molecular complexity index is 1710. The second-order valence-electron chi connectivity index (χ2n) is 12.1. The first-order valence-corrected chi connectivity index (χ1v) is 14.9. The van der Waals surface area contributed by atoms with Gasteiger partial charge in [-0.2, -0.15) is 4.98 Å². The summed E-state index contributed by atoms with van der Waals surface area (Å²) in [5.74, 6) is 0.361. The summed E-state index contributed by atoms with van der Waals surface area (Å²) in [5, 5.41) is 7.03. The molecule has 11 nitrogen and oxygen atoms in total. The van der Waals surface area contributed by atoms with Gasteiger partial charge in [0.25, 0.3) is 11.8 Å². The lowest BCUT2D eigenvalue weighted by Crippen LogP contribution is -2.59. The number of hydrogen-bond donors (Lipinski definition) is 2. The highest BCUT2D eigenvalue weighted by molar-refractivity contribution is 6.07. The monoisotopic (exact) mass is 610 g/mol. The highest BCUT2D eigenvalue weighted by Crippen LogP contribution is 2.28. The zero-order valence-electron chi connectivity index (χ0n) is 26.3. The Hall–Kier alpha value is -5.19. The van der Waals surface area contributed by atoms with Crippen molar-refractivity contribution < 1.29 is 23.9 Å². The molecule has 2 heterocycles. The number of nitrogens with one attached hydrogen (secondary N) is 2. The molecular formula is C34H38N6O5. The molecule has 0 aliphatic carbocycles. The first kappa shape index (κ1) is 31.2. The van der Waals surface area contributed by atoms with E-state index in [1.165, 1.54) is 6.20 Å². The number of fused-ring (bicyclic) bond motifs is 1. The summed E-state index contributed by atoms with van der Waals surface area (Å²) < 4.78 is 11.6. The molecule has 2 atom stereocenters. The van der Waals surface area contributed by atoms with Crippen molar-refractivity contribution in [1.29, 1.82) is 0 Å². The lowest BCUT2D eigenvalue weighted by molar-refractivity contribution is 0.00563. The maximum Gasteiger partial charge on any atom is 0.410 e. The molecule has 5 rings (SSSR count). The van der Waals surface area contributed by atoms with Crippen LogP contribution in [0.4, 0.5) is 16.4 Å². The minimum absolute atomic E-state index is 0.0483. The molecule has 1 aromatic heterocycles. The van der Waals surface area contributed by atoms with Gasteiger partial charge in [-0.1, -0.05) is 12.1 Å². The van der Waals surface area contributed by atoms with Gasteiger partial charge in [-0.15, -0.1) is 0 Å². The molecule has 45 heavy (non-hydrogen) atoms. The van der Waals surface area contributed by atoms with Crippen LogP contribution in [-0.2, 0) is 4.74 Å². The molecule has 3 amide bonds. The Labute approximate surface area is 262 Å². The van der Waals surface area contributed by atoms with E-state index in [4.69, 9.17) is 9.47 Å². The average Bonchev–Trinajstić information content (AvgIpc) is 2.99. The fourth-order valence-electron chi connectivity index (χ4n) is 5.44. The van der Waals surface area contributed by atoms with E-state index in [-0.39, 0.29) is 41.8 Å². The highest BCUT2D eigenvalue weighted by Gasteiger charge is 2.35. The van der Waals surface area contributed by atoms with Gasteiger partial charge in [0.05, 0.1) is 12.1 Å². The minimum Gasteiger partial charge on any atom is -0.444 e. The quantitative estimate of drug-likeness (QED) is 0.278. The van der Waals surface area contributed by atoms with Gasteiger partial charge in [0.15, 0.2) is 0 Å². The van der Waals surface area contributed by atoms with Gasteiger partial charge in [0, 0.05) is 49.2 Å². The molecule has 0 spiro atoms. The van der Waals surface area contributed by atoms with Crippen LogP contribution in [-0.4, -0.2) is 70.6 Å². The number of nitrogens with zero attached hydrogens (tertiary/aromatic N) is 4. The van der Waals surface area contributed by atoms with Crippen LogP contribution in [0.15, 0.2) is 72.9 Å². The van der Waals surface area contributed by atoms with Crippen LogP contribution in [0.5, 0.6) is 11.6 Å². The van der Waals surface area contributed by atoms with Gasteiger partial charge in [-0.3, -0.25) is 19.8 Å². The third-order valence-electron chi connectivity index (χ3n) is 7.42. The molecule has 3 aromatic carbocycles. The number of piperazine rings is 1. The van der Waals surface area contributed by atoms with Crippen molar-refractivity contribution in [3.8, 4) is 11.6 Å². The molecular weight excluding hydrogens is 572 g/mol. The van der Waals surface area contributed by atoms with Crippen LogP contribution in [0.25, 0.3) is 10.8 Å². The van der Waals surface area contributed by atoms with E-state index >= 15 is 0 Å². The molecule has 11 heteroatoms. The van der Waals surface area contributed by atoms with E-state index < -0.39 is 5.60 Å². The van der Waals surface area contributed by atoms with Crippen molar-refractivity contribution in [2.75, 3.05) is 30.4 Å². The van der Waals surface area contributed by atoms with E-state index in [2.05, 4.69) is 25.5 Å². The molecule has 0 bridgehead atoms. The molecule has 2 N–H and O–H groups in total. The molecule has 1 aliphatic heterocycles. The smallest absolute Gasteiger partial charge is 0.410 e. The van der Waals surface area contributed by atoms with Gasteiger partial charge < -0.3 is 19.7 Å². The summed E-state index contributed by atoms with van der Waals surface area (Å²) >= 11 is 0. The van der Waals surface area contributed by atoms with Gasteiger partial charge in [0.1, 0.15) is 11.4 Å². The predicted octanol–water partition coefficient (Wildman–Crippen LogP) is 5.87. The number of carbonyl (C=O) groups is 3. The van der Waals surface area contributed by atoms with Gasteiger partial charge >= 0.3 is 6.09 Å². The molecule has 1 aliphatic rings. The van der Waals surface area contributed by atoms with Gasteiger partial charge in [0.2, 0.25) is 11.8 Å². The number of aromatic nitrogens is 2. The van der Waals surface area contributed by atoms with Crippen molar-refractivity contribution >= 4 is 40.3 Å². The molecule has 0 saturated carbocycles. The topological polar surface area (TPSA) is 126 Å². The number of amides is 3. The van der Waals surface area contributed by atoms with Crippen LogP contribution in [0, 0.1) is 0 Å². The van der Waals surface area contributed by atoms with E-state index in [9.17, 15) is 14.4 Å². The molecule has 1 fully saturated rings. The van der Waals surface area contributed by atoms with Crippen molar-refractivity contribution in [2.24, 2.45) is 0 Å². The summed E-state index contributed by atoms with van der Waals surface area (Å²) in [6, 6.07) is 19.7. The molecule has 1 saturated heterocycles. The maximum atomic E-state index is 13.0. The van der Waals surface area contributed by atoms with Gasteiger partial charge in [-0.05, 0) is 93.9 Å². The maximum absolute atomic E-state index is 13.0. The van der Waals surface area contributed by atoms with Crippen molar-refractivity contribution in [1.82, 2.24) is 20.2 Å². The Morgan fingerprint density at radius 1 is 0.911 bits per heavy atom. The molecule has 234 valence electrons. The Balaban J connectivity index is 1.22. The summed E-state index contributed by atoms with van der Waals surface area (Å²) in [6.07, 6.45) is 1.20. The van der Waals surface area contributed by atoms with Crippen LogP contribution >= 0.6 is 0 Å². The molecule has 4 aromatic rings. The van der Waals surface area contributed by atoms with E-state index in [0.717, 1.165) is 16.5 Å². The summed E-state index contributed by atoms with van der Waals surface area (Å²) in [4.78, 5) is 50.5. The zero-order chi connectivity index (χ0) is 32.3. The standard InChI is InChI=1S/C34H38N6O5/c1-21-19-39(20-22(2)40(21)33(43)45-34(3,4)5)25-12-10-23(11-13-25)30(41)38-32-36-17-16-29(37-32)44-26-14-15-27-24(18-26)8-7-9-28(27)31(42)35-6/h7-18,21-22H,19-20H2,1-6H3,(H,35,42)(H,36,37,38,41)/t21-,22+. The largest absolute Gasteiger partial charge is 0.444 e. The average molecular weight is 611 g/mol. The lowest BCUT2D eigenvalue weighted by Gasteiger charge is -2.45. The number of anilines is 2. The van der Waals surface area contributed by atoms with Gasteiger partial charge in [-0.25, -0.2) is 9.78 Å². The third kappa shape index (κ3) is 7.31. The van der Waals surface area contributed by atoms with Crippen molar-refractivity contribution in [3.05, 3.63) is 84.1 Å². The van der Waals surface area contributed by atoms with Crippen LogP contribution in [0.2, 0.25) is 0 Å². The summed E-state index contributed by atoms with van der Waals surface area (Å²) in [5.41, 5.74) is 1.43. The van der Waals surface area contributed by atoms with Crippen molar-refractivity contribution in [2.45, 2.75) is 52.3 Å². The fraction of sp³-hybridized carbons (Fsp3) is 0.324. The third-order valence-corrected chi connectivity index (χ3v) is 7.42. The van der Waals surface area contributed by atoms with Crippen LogP contribution in [0.1, 0.15) is 55.3 Å². The van der Waals surface area contributed by atoms with E-state index in [0.29, 0.717) is 30.0 Å². The summed E-state index contributed by atoms with van der Waals surface area (Å²) in [7, 11) is 1.60. The first-order chi connectivity index (χ1) is 21.4. The highest BCUT2D eigenvalue weighted by atomic mass is 16.6. The lowest BCUT2D eigenvalue weighted by atomic mass is 10.0. The Morgan fingerprint density at radius 2 is 1.62 bits per heavy atom. The molecule has 0 radical (unpaired) electrons. The number of hydrogen-bond acceptors (Lipinski definition) is 8. The SMILES string of the molecule is CNC(=O)c1cccc2cc(Oc3ccnc(NC(=O)c4ccc(N5C[C@@H](C)N(C(=O)OC(C)(C)C)[C@@H](C)C5)cc4)n3)ccc12. The number of carbonyl (C=O) groups excluding carboxylic acids is 3. The fourth-order valence-corrected chi connectivity index (χ4v) is 5.44. The molecule has 0 unspecified atom stereocenters. The predicted molar refractivity (Wildman–Crippen MR) is 173 cm³/mol. The number of rotatable bonds is 6. The van der Waals surface area contributed by atoms with Crippen LogP contribution < -0.4 is 20.3 Å².